The lowest BCUT2D eigenvalue weighted by Crippen LogP contribution is -2.28. The summed E-state index contributed by atoms with van der Waals surface area (Å²) in [5.41, 5.74) is 18.2. The molecule has 2 nitrogen and oxygen atoms in total. The zero-order chi connectivity index (χ0) is 35.3. The SMILES string of the molecule is CC1(C)c2ccccc2-c2ccc(N(c3ccc4c(c3)C3(CCCCC3)c3ccccc3-4)c3cccc4c3oc3ccc(C5CCCCC5)cc34)cc21. The minimum atomic E-state index is -0.0970. The van der Waals surface area contributed by atoms with Crippen molar-refractivity contribution in [2.24, 2.45) is 0 Å². The number of benzene rings is 6. The predicted octanol–water partition coefficient (Wildman–Crippen LogP) is 14.6. The molecular formula is C51H47NO. The summed E-state index contributed by atoms with van der Waals surface area (Å²) < 4.78 is 6.95. The van der Waals surface area contributed by atoms with Crippen LogP contribution in [0.2, 0.25) is 0 Å². The number of para-hydroxylation sites is 1. The molecule has 262 valence electrons. The smallest absolute Gasteiger partial charge is 0.159 e. The molecule has 2 heteroatoms. The van der Waals surface area contributed by atoms with Crippen molar-refractivity contribution in [1.82, 2.24) is 0 Å². The van der Waals surface area contributed by atoms with Crippen molar-refractivity contribution in [3.05, 3.63) is 149 Å². The van der Waals surface area contributed by atoms with E-state index in [0.717, 1.165) is 16.9 Å². The lowest BCUT2D eigenvalue weighted by atomic mass is 9.68. The number of rotatable bonds is 4. The Balaban J connectivity index is 1.13. The van der Waals surface area contributed by atoms with Gasteiger partial charge in [0, 0.05) is 33.0 Å². The predicted molar refractivity (Wildman–Crippen MR) is 221 cm³/mol. The first-order valence-electron chi connectivity index (χ1n) is 20.3. The third-order valence-electron chi connectivity index (χ3n) is 13.9. The van der Waals surface area contributed by atoms with Gasteiger partial charge >= 0.3 is 0 Å². The Kier molecular flexibility index (Phi) is 6.95. The minimum Gasteiger partial charge on any atom is -0.454 e. The van der Waals surface area contributed by atoms with Crippen molar-refractivity contribution in [2.45, 2.75) is 94.8 Å². The molecule has 4 aliphatic carbocycles. The highest BCUT2D eigenvalue weighted by Gasteiger charge is 2.44. The monoisotopic (exact) mass is 689 g/mol. The van der Waals surface area contributed by atoms with E-state index in [9.17, 15) is 0 Å². The van der Waals surface area contributed by atoms with Gasteiger partial charge in [-0.25, -0.2) is 0 Å². The standard InChI is InChI=1S/C51H47NO/c1-50(2)43-19-9-7-16-37(43)39-25-23-35(31-45(39)50)52(36-24-26-40-38-17-8-10-20-44(38)51(46(40)32-36)28-11-4-12-29-51)47-21-13-18-41-42-30-34(33-14-5-3-6-15-33)22-27-48(42)53-49(41)47/h7-10,13,16-27,30-33H,3-6,11-12,14-15,28-29H2,1-2H3. The number of hydrogen-bond acceptors (Lipinski definition) is 2. The summed E-state index contributed by atoms with van der Waals surface area (Å²) in [6.07, 6.45) is 13.0. The van der Waals surface area contributed by atoms with Gasteiger partial charge in [-0.15, -0.1) is 0 Å². The van der Waals surface area contributed by atoms with E-state index in [-0.39, 0.29) is 10.8 Å². The number of nitrogens with zero attached hydrogens (tertiary/aromatic N) is 1. The molecule has 0 saturated heterocycles. The van der Waals surface area contributed by atoms with Gasteiger partial charge < -0.3 is 9.32 Å². The summed E-state index contributed by atoms with van der Waals surface area (Å²) in [6.45, 7) is 4.77. The maximum atomic E-state index is 6.95. The molecule has 0 aliphatic heterocycles. The summed E-state index contributed by atoms with van der Waals surface area (Å²) in [5, 5.41) is 2.44. The van der Waals surface area contributed by atoms with Gasteiger partial charge in [-0.05, 0) is 124 Å². The number of fused-ring (bicyclic) bond motifs is 11. The number of hydrogen-bond donors (Lipinski definition) is 0. The lowest BCUT2D eigenvalue weighted by Gasteiger charge is -2.36. The molecule has 0 amide bonds. The van der Waals surface area contributed by atoms with E-state index in [4.69, 9.17) is 4.42 Å². The van der Waals surface area contributed by atoms with Crippen molar-refractivity contribution in [1.29, 1.82) is 0 Å². The lowest BCUT2D eigenvalue weighted by molar-refractivity contribution is 0.353. The van der Waals surface area contributed by atoms with Crippen molar-refractivity contribution in [3.8, 4) is 22.3 Å². The first-order valence-corrected chi connectivity index (χ1v) is 20.3. The second-order valence-corrected chi connectivity index (χ2v) is 17.0. The highest BCUT2D eigenvalue weighted by atomic mass is 16.3. The molecule has 0 radical (unpaired) electrons. The largest absolute Gasteiger partial charge is 0.454 e. The van der Waals surface area contributed by atoms with Crippen molar-refractivity contribution >= 4 is 39.0 Å². The Morgan fingerprint density at radius 3 is 1.94 bits per heavy atom. The molecule has 0 atom stereocenters. The van der Waals surface area contributed by atoms with Gasteiger partial charge in [0.25, 0.3) is 0 Å². The fourth-order valence-corrected chi connectivity index (χ4v) is 11.2. The van der Waals surface area contributed by atoms with Crippen LogP contribution < -0.4 is 4.90 Å². The van der Waals surface area contributed by atoms with E-state index in [2.05, 4.69) is 140 Å². The first-order chi connectivity index (χ1) is 26.0. The summed E-state index contributed by atoms with van der Waals surface area (Å²) in [4.78, 5) is 2.51. The van der Waals surface area contributed by atoms with Crippen LogP contribution in [0.15, 0.2) is 126 Å². The Labute approximate surface area is 313 Å². The fourth-order valence-electron chi connectivity index (χ4n) is 11.2. The Morgan fingerprint density at radius 1 is 0.528 bits per heavy atom. The van der Waals surface area contributed by atoms with Crippen molar-refractivity contribution in [2.75, 3.05) is 4.90 Å². The van der Waals surface area contributed by atoms with E-state index in [1.165, 1.54) is 136 Å². The van der Waals surface area contributed by atoms with Crippen LogP contribution >= 0.6 is 0 Å². The molecule has 11 rings (SSSR count). The van der Waals surface area contributed by atoms with Crippen LogP contribution in [0, 0.1) is 0 Å². The molecule has 1 aromatic heterocycles. The maximum absolute atomic E-state index is 6.95. The second-order valence-electron chi connectivity index (χ2n) is 17.0. The molecule has 0 bridgehead atoms. The molecule has 2 saturated carbocycles. The van der Waals surface area contributed by atoms with Crippen molar-refractivity contribution < 1.29 is 4.42 Å². The zero-order valence-electron chi connectivity index (χ0n) is 31.1. The third-order valence-corrected chi connectivity index (χ3v) is 13.9. The number of furan rings is 1. The second kappa shape index (κ2) is 11.7. The molecule has 4 aliphatic rings. The van der Waals surface area contributed by atoms with Crippen LogP contribution in [0.4, 0.5) is 17.1 Å². The average Bonchev–Trinajstić information content (AvgIpc) is 3.79. The van der Waals surface area contributed by atoms with Gasteiger partial charge in [-0.1, -0.05) is 131 Å². The van der Waals surface area contributed by atoms with Crippen molar-refractivity contribution in [3.63, 3.8) is 0 Å². The minimum absolute atomic E-state index is 0.0777. The van der Waals surface area contributed by atoms with E-state index >= 15 is 0 Å². The van der Waals surface area contributed by atoms with E-state index in [1.807, 2.05) is 0 Å². The van der Waals surface area contributed by atoms with Crippen LogP contribution in [0.3, 0.4) is 0 Å². The molecule has 1 spiro atoms. The van der Waals surface area contributed by atoms with Gasteiger partial charge in [0.1, 0.15) is 5.58 Å². The van der Waals surface area contributed by atoms with E-state index in [0.29, 0.717) is 5.92 Å². The van der Waals surface area contributed by atoms with Gasteiger partial charge in [0.05, 0.1) is 5.69 Å². The molecule has 1 heterocycles. The number of anilines is 3. The van der Waals surface area contributed by atoms with Gasteiger partial charge in [-0.3, -0.25) is 0 Å². The molecule has 6 aromatic carbocycles. The van der Waals surface area contributed by atoms with Crippen LogP contribution in [-0.2, 0) is 10.8 Å². The summed E-state index contributed by atoms with van der Waals surface area (Å²) in [7, 11) is 0. The topological polar surface area (TPSA) is 16.4 Å². The quantitative estimate of drug-likeness (QED) is 0.183. The molecule has 7 aromatic rings. The maximum Gasteiger partial charge on any atom is 0.159 e. The van der Waals surface area contributed by atoms with Crippen LogP contribution in [0.25, 0.3) is 44.2 Å². The summed E-state index contributed by atoms with van der Waals surface area (Å²) in [6, 6.07) is 46.5. The normalized spacial score (nSPS) is 18.2. The Bertz CT molecular complexity index is 2570. The van der Waals surface area contributed by atoms with Gasteiger partial charge in [-0.2, -0.15) is 0 Å². The molecule has 2 fully saturated rings. The zero-order valence-corrected chi connectivity index (χ0v) is 31.1. The first kappa shape index (κ1) is 31.4. The Morgan fingerprint density at radius 2 is 1.17 bits per heavy atom. The fraction of sp³-hybridized carbons (Fsp3) is 0.294. The van der Waals surface area contributed by atoms with Gasteiger partial charge in [0.15, 0.2) is 5.58 Å². The van der Waals surface area contributed by atoms with Crippen LogP contribution in [0.1, 0.15) is 112 Å². The average molecular weight is 690 g/mol. The van der Waals surface area contributed by atoms with E-state index < -0.39 is 0 Å². The summed E-state index contributed by atoms with van der Waals surface area (Å²) in [5.74, 6) is 0.652. The van der Waals surface area contributed by atoms with Gasteiger partial charge in [0.2, 0.25) is 0 Å². The molecule has 53 heavy (non-hydrogen) atoms. The molecule has 0 unspecified atom stereocenters. The highest BCUT2D eigenvalue weighted by Crippen LogP contribution is 2.58. The Hall–Kier alpha value is -5.08. The molecule has 0 N–H and O–H groups in total. The molecular weight excluding hydrogens is 643 g/mol. The van der Waals surface area contributed by atoms with E-state index in [1.54, 1.807) is 0 Å². The summed E-state index contributed by atoms with van der Waals surface area (Å²) >= 11 is 0. The van der Waals surface area contributed by atoms with Crippen LogP contribution in [0.5, 0.6) is 0 Å². The third kappa shape index (κ3) is 4.57. The highest BCUT2D eigenvalue weighted by molar-refractivity contribution is 6.10. The van der Waals surface area contributed by atoms with Crippen LogP contribution in [-0.4, -0.2) is 0 Å².